The maximum Gasteiger partial charge on any atom is 0.0236 e. The van der Waals surface area contributed by atoms with Crippen LogP contribution in [0.15, 0.2) is 48.5 Å². The van der Waals surface area contributed by atoms with Gasteiger partial charge in [0.15, 0.2) is 0 Å². The van der Waals surface area contributed by atoms with Crippen LogP contribution in [0.3, 0.4) is 0 Å². The minimum absolute atomic E-state index is 1.02. The fourth-order valence-electron chi connectivity index (χ4n) is 6.32. The molecule has 2 heteroatoms. The van der Waals surface area contributed by atoms with Gasteiger partial charge in [0.2, 0.25) is 0 Å². The van der Waals surface area contributed by atoms with Crippen LogP contribution >= 0.6 is 0 Å². The molecule has 2 nitrogen and oxygen atoms in total. The summed E-state index contributed by atoms with van der Waals surface area (Å²) in [5.74, 6) is 0. The summed E-state index contributed by atoms with van der Waals surface area (Å²) in [7, 11) is 4.60. The van der Waals surface area contributed by atoms with Crippen molar-refractivity contribution in [1.82, 2.24) is 9.80 Å². The minimum atomic E-state index is 1.02. The molecule has 2 aromatic rings. The lowest BCUT2D eigenvalue weighted by Gasteiger charge is -2.22. The molecule has 238 valence electrons. The van der Waals surface area contributed by atoms with Crippen LogP contribution < -0.4 is 0 Å². The molecule has 0 spiro atoms. The molecule has 0 saturated carbocycles. The summed E-state index contributed by atoms with van der Waals surface area (Å²) >= 11 is 0. The highest BCUT2D eigenvalue weighted by atomic mass is 15.1. The van der Waals surface area contributed by atoms with Gasteiger partial charge in [-0.05, 0) is 62.3 Å². The summed E-state index contributed by atoms with van der Waals surface area (Å²) in [5.41, 5.74) is 5.74. The Labute approximate surface area is 262 Å². The van der Waals surface area contributed by atoms with Crippen LogP contribution in [0, 0.1) is 0 Å². The summed E-state index contributed by atoms with van der Waals surface area (Å²) < 4.78 is 0. The molecule has 0 aliphatic rings. The van der Waals surface area contributed by atoms with Crippen molar-refractivity contribution in [1.29, 1.82) is 0 Å². The number of hydrogen-bond donors (Lipinski definition) is 0. The zero-order valence-corrected chi connectivity index (χ0v) is 28.5. The van der Waals surface area contributed by atoms with Gasteiger partial charge in [0.25, 0.3) is 0 Å². The molecule has 0 bridgehead atoms. The van der Waals surface area contributed by atoms with Gasteiger partial charge in [-0.15, -0.1) is 0 Å². The van der Waals surface area contributed by atoms with E-state index < -0.39 is 0 Å². The van der Waals surface area contributed by atoms with Crippen LogP contribution in [-0.4, -0.2) is 37.0 Å². The molecular formula is C40H68N2. The van der Waals surface area contributed by atoms with E-state index in [-0.39, 0.29) is 0 Å². The first-order chi connectivity index (χ1) is 20.7. The number of rotatable bonds is 27. The molecule has 0 heterocycles. The highest BCUT2D eigenvalue weighted by Crippen LogP contribution is 2.29. The Morgan fingerprint density at radius 3 is 1.00 bits per heavy atom. The van der Waals surface area contributed by atoms with E-state index in [1.54, 1.807) is 0 Å². The van der Waals surface area contributed by atoms with E-state index in [2.05, 4.69) is 86.3 Å². The zero-order chi connectivity index (χ0) is 30.1. The highest BCUT2D eigenvalue weighted by Gasteiger charge is 2.12. The highest BCUT2D eigenvalue weighted by molar-refractivity contribution is 5.70. The lowest BCUT2D eigenvalue weighted by Crippen LogP contribution is -2.20. The second-order valence-corrected chi connectivity index (χ2v) is 13.2. The molecule has 2 aromatic carbocycles. The van der Waals surface area contributed by atoms with Crippen molar-refractivity contribution in [3.8, 4) is 11.1 Å². The Morgan fingerprint density at radius 2 is 0.667 bits per heavy atom. The van der Waals surface area contributed by atoms with Crippen molar-refractivity contribution in [2.75, 3.05) is 27.2 Å². The van der Waals surface area contributed by atoms with Gasteiger partial charge >= 0.3 is 0 Å². The van der Waals surface area contributed by atoms with Gasteiger partial charge < -0.3 is 9.80 Å². The molecule has 0 amide bonds. The Morgan fingerprint density at radius 1 is 0.381 bits per heavy atom. The van der Waals surface area contributed by atoms with E-state index in [0.717, 1.165) is 13.1 Å². The number of nitrogens with zero attached hydrogens (tertiary/aromatic N) is 2. The van der Waals surface area contributed by atoms with E-state index in [4.69, 9.17) is 0 Å². The Bertz CT molecular complexity index is 817. The average molecular weight is 577 g/mol. The van der Waals surface area contributed by atoms with Crippen molar-refractivity contribution >= 4 is 0 Å². The first-order valence-electron chi connectivity index (χ1n) is 18.2. The van der Waals surface area contributed by atoms with E-state index >= 15 is 0 Å². The first-order valence-corrected chi connectivity index (χ1v) is 18.2. The summed E-state index contributed by atoms with van der Waals surface area (Å²) in [5, 5.41) is 0. The van der Waals surface area contributed by atoms with Crippen LogP contribution in [0.4, 0.5) is 0 Å². The minimum Gasteiger partial charge on any atom is -0.302 e. The van der Waals surface area contributed by atoms with E-state index in [9.17, 15) is 0 Å². The van der Waals surface area contributed by atoms with Crippen molar-refractivity contribution in [3.05, 3.63) is 59.7 Å². The topological polar surface area (TPSA) is 6.48 Å². The third-order valence-corrected chi connectivity index (χ3v) is 8.99. The van der Waals surface area contributed by atoms with Crippen LogP contribution in [0.2, 0.25) is 0 Å². The Balaban J connectivity index is 1.74. The molecule has 0 unspecified atom stereocenters. The summed E-state index contributed by atoms with van der Waals surface area (Å²) in [6.07, 6.45) is 28.0. The number of unbranched alkanes of at least 4 members (excludes halogenated alkanes) is 18. The van der Waals surface area contributed by atoms with Gasteiger partial charge in [-0.25, -0.2) is 0 Å². The molecule has 0 fully saturated rings. The summed E-state index contributed by atoms with van der Waals surface area (Å²) in [4.78, 5) is 5.06. The molecule has 0 aliphatic carbocycles. The third kappa shape index (κ3) is 16.9. The lowest BCUT2D eigenvalue weighted by molar-refractivity contribution is 0.315. The fraction of sp³-hybridized carbons (Fsp3) is 0.700. The molecule has 0 radical (unpaired) electrons. The van der Waals surface area contributed by atoms with Crippen LogP contribution in [0.25, 0.3) is 11.1 Å². The van der Waals surface area contributed by atoms with Crippen molar-refractivity contribution < 1.29 is 0 Å². The SMILES string of the molecule is CCCCCCCCCCCCN(C)Cc1ccccc1-c1ccccc1CN(C)CCCCCCCCCCCC. The molecular weight excluding hydrogens is 508 g/mol. The van der Waals surface area contributed by atoms with Gasteiger partial charge in [0.05, 0.1) is 0 Å². The monoisotopic (exact) mass is 577 g/mol. The van der Waals surface area contributed by atoms with E-state index in [0.29, 0.717) is 0 Å². The maximum atomic E-state index is 2.53. The normalized spacial score (nSPS) is 11.7. The van der Waals surface area contributed by atoms with E-state index in [1.165, 1.54) is 164 Å². The van der Waals surface area contributed by atoms with E-state index in [1.807, 2.05) is 0 Å². The number of benzene rings is 2. The van der Waals surface area contributed by atoms with Crippen molar-refractivity contribution in [2.24, 2.45) is 0 Å². The van der Waals surface area contributed by atoms with Gasteiger partial charge in [0.1, 0.15) is 0 Å². The standard InChI is InChI=1S/C40H68N2/c1-5-7-9-11-13-15-17-19-21-27-33-41(3)35-37-29-23-25-31-39(37)40-32-26-24-30-38(40)36-42(4)34-28-22-20-18-16-14-12-10-8-6-2/h23-26,29-32H,5-22,27-28,33-36H2,1-4H3. The maximum absolute atomic E-state index is 2.53. The van der Waals surface area contributed by atoms with Crippen LogP contribution in [0.1, 0.15) is 153 Å². The fourth-order valence-corrected chi connectivity index (χ4v) is 6.32. The smallest absolute Gasteiger partial charge is 0.0236 e. The summed E-state index contributed by atoms with van der Waals surface area (Å²) in [6.45, 7) is 9.03. The zero-order valence-electron chi connectivity index (χ0n) is 28.5. The molecule has 0 N–H and O–H groups in total. The third-order valence-electron chi connectivity index (χ3n) is 8.99. The molecule has 2 rings (SSSR count). The first kappa shape index (κ1) is 36.6. The Kier molecular flexibility index (Phi) is 21.6. The predicted molar refractivity (Wildman–Crippen MR) is 188 cm³/mol. The molecule has 0 atom stereocenters. The second-order valence-electron chi connectivity index (χ2n) is 13.2. The Hall–Kier alpha value is -1.64. The largest absolute Gasteiger partial charge is 0.302 e. The molecule has 0 aromatic heterocycles. The van der Waals surface area contributed by atoms with Crippen LogP contribution in [0.5, 0.6) is 0 Å². The van der Waals surface area contributed by atoms with Crippen molar-refractivity contribution in [2.45, 2.75) is 155 Å². The lowest BCUT2D eigenvalue weighted by atomic mass is 9.94. The summed E-state index contributed by atoms with van der Waals surface area (Å²) in [6, 6.07) is 18.2. The number of hydrogen-bond acceptors (Lipinski definition) is 2. The molecule has 42 heavy (non-hydrogen) atoms. The molecule has 0 saturated heterocycles. The quantitative estimate of drug-likeness (QED) is 0.0976. The van der Waals surface area contributed by atoms with Gasteiger partial charge in [0, 0.05) is 13.1 Å². The van der Waals surface area contributed by atoms with Crippen molar-refractivity contribution in [3.63, 3.8) is 0 Å². The molecule has 0 aliphatic heterocycles. The van der Waals surface area contributed by atoms with Gasteiger partial charge in [-0.1, -0.05) is 178 Å². The predicted octanol–water partition coefficient (Wildman–Crippen LogP) is 12.1. The van der Waals surface area contributed by atoms with Gasteiger partial charge in [-0.2, -0.15) is 0 Å². The average Bonchev–Trinajstić information content (AvgIpc) is 2.99. The second kappa shape index (κ2) is 24.8. The van der Waals surface area contributed by atoms with Gasteiger partial charge in [-0.3, -0.25) is 0 Å². The van der Waals surface area contributed by atoms with Crippen LogP contribution in [-0.2, 0) is 13.1 Å².